The lowest BCUT2D eigenvalue weighted by Crippen LogP contribution is -2.39. The molecule has 20 heavy (non-hydrogen) atoms. The predicted molar refractivity (Wildman–Crippen MR) is 66.5 cm³/mol. The molecule has 0 saturated heterocycles. The van der Waals surface area contributed by atoms with Gasteiger partial charge in [-0.2, -0.15) is 0 Å². The number of ether oxygens (including phenoxy) is 3. The summed E-state index contributed by atoms with van der Waals surface area (Å²) in [5.74, 6) is -1.95. The molecule has 0 unspecified atom stereocenters. The Balaban J connectivity index is 4.27. The Morgan fingerprint density at radius 2 is 1.15 bits per heavy atom. The average molecular weight is 289 g/mol. The van der Waals surface area contributed by atoms with E-state index in [0.717, 1.165) is 0 Å². The molecule has 0 saturated carbocycles. The van der Waals surface area contributed by atoms with Crippen molar-refractivity contribution >= 4 is 23.8 Å². The van der Waals surface area contributed by atoms with Crippen LogP contribution in [0.5, 0.6) is 0 Å². The highest BCUT2D eigenvalue weighted by Gasteiger charge is 2.15. The first-order valence-electron chi connectivity index (χ1n) is 6.00. The fourth-order valence-corrected chi connectivity index (χ4v) is 1.21. The molecule has 114 valence electrons. The Morgan fingerprint density at radius 1 is 0.750 bits per heavy atom. The van der Waals surface area contributed by atoms with Crippen molar-refractivity contribution in [3.8, 4) is 0 Å². The molecular weight excluding hydrogens is 270 g/mol. The molecule has 0 fully saturated rings. The third-order valence-electron chi connectivity index (χ3n) is 2.08. The van der Waals surface area contributed by atoms with Gasteiger partial charge in [0.15, 0.2) is 6.61 Å². The third-order valence-corrected chi connectivity index (χ3v) is 2.08. The van der Waals surface area contributed by atoms with Crippen LogP contribution in [0.4, 0.5) is 0 Å². The van der Waals surface area contributed by atoms with E-state index in [2.05, 4.69) is 4.74 Å². The van der Waals surface area contributed by atoms with Crippen molar-refractivity contribution in [1.82, 2.24) is 4.90 Å². The summed E-state index contributed by atoms with van der Waals surface area (Å²) in [6, 6.07) is 0. The number of amides is 1. The second-order valence-corrected chi connectivity index (χ2v) is 3.84. The summed E-state index contributed by atoms with van der Waals surface area (Å²) in [6.07, 6.45) is 0. The molecular formula is C12H19NO7. The first-order chi connectivity index (χ1) is 9.32. The zero-order valence-corrected chi connectivity index (χ0v) is 11.8. The van der Waals surface area contributed by atoms with Gasteiger partial charge in [0.2, 0.25) is 0 Å². The van der Waals surface area contributed by atoms with Gasteiger partial charge in [-0.3, -0.25) is 19.2 Å². The van der Waals surface area contributed by atoms with Gasteiger partial charge in [-0.05, 0) is 0 Å². The van der Waals surface area contributed by atoms with Gasteiger partial charge >= 0.3 is 17.9 Å². The lowest BCUT2D eigenvalue weighted by Gasteiger charge is -2.21. The Labute approximate surface area is 117 Å². The Morgan fingerprint density at radius 3 is 1.50 bits per heavy atom. The van der Waals surface area contributed by atoms with Gasteiger partial charge in [0.05, 0.1) is 13.1 Å². The summed E-state index contributed by atoms with van der Waals surface area (Å²) >= 11 is 0. The zero-order valence-electron chi connectivity index (χ0n) is 11.8. The van der Waals surface area contributed by atoms with E-state index >= 15 is 0 Å². The molecule has 0 bridgehead atoms. The van der Waals surface area contributed by atoms with Crippen molar-refractivity contribution in [1.29, 1.82) is 0 Å². The lowest BCUT2D eigenvalue weighted by atomic mass is 10.4. The molecule has 0 aromatic heterocycles. The van der Waals surface area contributed by atoms with Gasteiger partial charge in [0.1, 0.15) is 13.2 Å². The maximum absolute atomic E-state index is 11.8. The lowest BCUT2D eigenvalue weighted by molar-refractivity contribution is -0.152. The van der Waals surface area contributed by atoms with E-state index in [1.54, 1.807) is 0 Å². The van der Waals surface area contributed by atoms with Crippen LogP contribution in [0.3, 0.4) is 0 Å². The molecule has 0 aliphatic heterocycles. The summed E-state index contributed by atoms with van der Waals surface area (Å²) in [6.45, 7) is 3.57. The molecule has 0 spiro atoms. The van der Waals surface area contributed by atoms with Crippen molar-refractivity contribution in [2.24, 2.45) is 0 Å². The van der Waals surface area contributed by atoms with Gasteiger partial charge in [0, 0.05) is 20.8 Å². The minimum atomic E-state index is -0.571. The SMILES string of the molecule is CC(=O)OCCN(CCOC(C)=O)C(=O)COC(C)=O. The standard InChI is InChI=1S/C12H19NO7/c1-9(14)18-6-4-13(5-7-19-10(2)15)12(17)8-20-11(3)16/h4-8H2,1-3H3. The molecule has 0 atom stereocenters. The summed E-state index contributed by atoms with van der Waals surface area (Å²) in [5, 5.41) is 0. The number of carbonyl (C=O) groups excluding carboxylic acids is 4. The van der Waals surface area contributed by atoms with Crippen LogP contribution in [0.25, 0.3) is 0 Å². The van der Waals surface area contributed by atoms with Gasteiger partial charge in [-0.15, -0.1) is 0 Å². The van der Waals surface area contributed by atoms with E-state index in [4.69, 9.17) is 9.47 Å². The monoisotopic (exact) mass is 289 g/mol. The third kappa shape index (κ3) is 9.86. The van der Waals surface area contributed by atoms with Gasteiger partial charge in [-0.1, -0.05) is 0 Å². The number of nitrogens with zero attached hydrogens (tertiary/aromatic N) is 1. The van der Waals surface area contributed by atoms with E-state index in [0.29, 0.717) is 0 Å². The molecule has 0 heterocycles. The number of carbonyl (C=O) groups is 4. The van der Waals surface area contributed by atoms with E-state index in [-0.39, 0.29) is 26.3 Å². The van der Waals surface area contributed by atoms with Crippen molar-refractivity contribution in [3.05, 3.63) is 0 Å². The van der Waals surface area contributed by atoms with E-state index in [9.17, 15) is 19.2 Å². The second kappa shape index (κ2) is 9.76. The van der Waals surface area contributed by atoms with Crippen LogP contribution in [-0.4, -0.2) is 61.6 Å². The minimum Gasteiger partial charge on any atom is -0.464 e. The number of hydrogen-bond acceptors (Lipinski definition) is 7. The number of hydrogen-bond donors (Lipinski definition) is 0. The van der Waals surface area contributed by atoms with Crippen molar-refractivity contribution in [3.63, 3.8) is 0 Å². The highest BCUT2D eigenvalue weighted by atomic mass is 16.5. The summed E-state index contributed by atoms with van der Waals surface area (Å²) in [4.78, 5) is 45.0. The van der Waals surface area contributed by atoms with Crippen LogP contribution in [0.1, 0.15) is 20.8 Å². The smallest absolute Gasteiger partial charge is 0.303 e. The molecule has 0 aliphatic rings. The van der Waals surface area contributed by atoms with Crippen molar-refractivity contribution < 1.29 is 33.4 Å². The molecule has 0 rings (SSSR count). The second-order valence-electron chi connectivity index (χ2n) is 3.84. The molecule has 8 heteroatoms. The normalized spacial score (nSPS) is 9.55. The van der Waals surface area contributed by atoms with E-state index in [1.807, 2.05) is 0 Å². The minimum absolute atomic E-state index is 0.0151. The molecule has 0 radical (unpaired) electrons. The van der Waals surface area contributed by atoms with Crippen LogP contribution in [-0.2, 0) is 33.4 Å². The topological polar surface area (TPSA) is 99.2 Å². The molecule has 0 aromatic rings. The Bertz CT molecular complexity index is 347. The van der Waals surface area contributed by atoms with Crippen LogP contribution in [0.2, 0.25) is 0 Å². The van der Waals surface area contributed by atoms with Gasteiger partial charge in [0.25, 0.3) is 5.91 Å². The zero-order chi connectivity index (χ0) is 15.5. The van der Waals surface area contributed by atoms with Gasteiger partial charge < -0.3 is 19.1 Å². The first-order valence-corrected chi connectivity index (χ1v) is 6.00. The molecule has 0 N–H and O–H groups in total. The summed E-state index contributed by atoms with van der Waals surface area (Å²) in [5.41, 5.74) is 0. The number of esters is 3. The fourth-order valence-electron chi connectivity index (χ4n) is 1.21. The summed E-state index contributed by atoms with van der Waals surface area (Å²) in [7, 11) is 0. The molecule has 0 aliphatic carbocycles. The largest absolute Gasteiger partial charge is 0.464 e. The maximum atomic E-state index is 11.8. The first kappa shape index (κ1) is 17.9. The molecule has 0 aromatic carbocycles. The Hall–Kier alpha value is -2.12. The van der Waals surface area contributed by atoms with Gasteiger partial charge in [-0.25, -0.2) is 0 Å². The Kier molecular flexibility index (Phi) is 8.73. The van der Waals surface area contributed by atoms with Crippen LogP contribution in [0.15, 0.2) is 0 Å². The van der Waals surface area contributed by atoms with Crippen molar-refractivity contribution in [2.75, 3.05) is 32.9 Å². The highest BCUT2D eigenvalue weighted by molar-refractivity contribution is 5.80. The highest BCUT2D eigenvalue weighted by Crippen LogP contribution is 1.94. The summed E-state index contributed by atoms with van der Waals surface area (Å²) < 4.78 is 14.0. The average Bonchev–Trinajstić information content (AvgIpc) is 2.33. The van der Waals surface area contributed by atoms with E-state index in [1.165, 1.54) is 25.7 Å². The predicted octanol–water partition coefficient (Wildman–Crippen LogP) is -0.496. The maximum Gasteiger partial charge on any atom is 0.303 e. The quantitative estimate of drug-likeness (QED) is 0.439. The number of rotatable bonds is 8. The van der Waals surface area contributed by atoms with E-state index < -0.39 is 30.4 Å². The van der Waals surface area contributed by atoms with Crippen LogP contribution in [0, 0.1) is 0 Å². The molecule has 1 amide bonds. The van der Waals surface area contributed by atoms with Crippen LogP contribution >= 0.6 is 0 Å². The molecule has 8 nitrogen and oxygen atoms in total. The van der Waals surface area contributed by atoms with Crippen molar-refractivity contribution in [2.45, 2.75) is 20.8 Å². The fraction of sp³-hybridized carbons (Fsp3) is 0.667. The van der Waals surface area contributed by atoms with Crippen LogP contribution < -0.4 is 0 Å².